The number of rotatable bonds is 5. The third kappa shape index (κ3) is 4.19. The highest BCUT2D eigenvalue weighted by molar-refractivity contribution is 5.95. The highest BCUT2D eigenvalue weighted by Crippen LogP contribution is 2.32. The summed E-state index contributed by atoms with van der Waals surface area (Å²) < 4.78 is 0. The second-order valence-electron chi connectivity index (χ2n) is 7.01. The van der Waals surface area contributed by atoms with E-state index in [4.69, 9.17) is 0 Å². The van der Waals surface area contributed by atoms with Crippen LogP contribution in [0.3, 0.4) is 0 Å². The number of anilines is 1. The summed E-state index contributed by atoms with van der Waals surface area (Å²) >= 11 is 0. The Kier molecular flexibility index (Phi) is 4.55. The van der Waals surface area contributed by atoms with Gasteiger partial charge in [0, 0.05) is 29.3 Å². The molecule has 1 heterocycles. The molecule has 2 rings (SSSR count). The number of pyridine rings is 1. The number of carbonyl (C=O) groups is 1. The Hall–Kier alpha value is -1.58. The van der Waals surface area contributed by atoms with Crippen molar-refractivity contribution in [2.24, 2.45) is 5.92 Å². The van der Waals surface area contributed by atoms with E-state index in [-0.39, 0.29) is 17.4 Å². The van der Waals surface area contributed by atoms with Crippen molar-refractivity contribution in [3.8, 4) is 0 Å². The summed E-state index contributed by atoms with van der Waals surface area (Å²) in [6.07, 6.45) is 2.46. The van der Waals surface area contributed by atoms with E-state index in [1.54, 1.807) is 0 Å². The van der Waals surface area contributed by atoms with Crippen LogP contribution in [0.15, 0.2) is 12.1 Å². The molecular weight excluding hydrogens is 262 g/mol. The molecule has 116 valence electrons. The minimum atomic E-state index is -0.0808. The Morgan fingerprint density at radius 2 is 2.05 bits per heavy atom. The summed E-state index contributed by atoms with van der Waals surface area (Å²) in [7, 11) is 0. The van der Waals surface area contributed by atoms with E-state index in [0.29, 0.717) is 11.5 Å². The average molecular weight is 289 g/mol. The number of carbonyl (C=O) groups excluding carboxylic acids is 1. The lowest BCUT2D eigenvalue weighted by molar-refractivity contribution is 0.0935. The van der Waals surface area contributed by atoms with Crippen LogP contribution in [0.4, 0.5) is 5.82 Å². The van der Waals surface area contributed by atoms with Crippen LogP contribution in [0.25, 0.3) is 0 Å². The molecule has 1 aliphatic rings. The van der Waals surface area contributed by atoms with Gasteiger partial charge in [0.05, 0.1) is 0 Å². The van der Waals surface area contributed by atoms with Crippen molar-refractivity contribution in [2.45, 2.75) is 58.9 Å². The maximum atomic E-state index is 12.5. The number of hydrogen-bond acceptors (Lipinski definition) is 3. The molecule has 0 radical (unpaired) electrons. The first-order valence-corrected chi connectivity index (χ1v) is 7.88. The van der Waals surface area contributed by atoms with E-state index in [2.05, 4.69) is 43.3 Å². The fourth-order valence-corrected chi connectivity index (χ4v) is 2.32. The van der Waals surface area contributed by atoms with Crippen LogP contribution in [-0.2, 0) is 5.41 Å². The molecule has 4 heteroatoms. The van der Waals surface area contributed by atoms with E-state index in [1.807, 2.05) is 19.1 Å². The SMILES string of the molecule is CCNc1cc(C(=O)NC(C)C2CC2)cc(C(C)(C)C)n1. The highest BCUT2D eigenvalue weighted by atomic mass is 16.1. The fraction of sp³-hybridized carbons (Fsp3) is 0.647. The molecule has 1 aliphatic carbocycles. The third-order valence-electron chi connectivity index (χ3n) is 3.90. The first kappa shape index (κ1) is 15.8. The molecule has 1 fully saturated rings. The fourth-order valence-electron chi connectivity index (χ4n) is 2.32. The maximum Gasteiger partial charge on any atom is 0.251 e. The molecule has 1 amide bonds. The van der Waals surface area contributed by atoms with Crippen molar-refractivity contribution in [1.82, 2.24) is 10.3 Å². The molecule has 2 N–H and O–H groups in total. The lowest BCUT2D eigenvalue weighted by Gasteiger charge is -2.20. The predicted octanol–water partition coefficient (Wildman–Crippen LogP) is 3.34. The van der Waals surface area contributed by atoms with Crippen molar-refractivity contribution in [1.29, 1.82) is 0 Å². The molecule has 0 spiro atoms. The van der Waals surface area contributed by atoms with Gasteiger partial charge in [-0.15, -0.1) is 0 Å². The van der Waals surface area contributed by atoms with Crippen molar-refractivity contribution >= 4 is 11.7 Å². The first-order chi connectivity index (χ1) is 9.81. The summed E-state index contributed by atoms with van der Waals surface area (Å²) in [6, 6.07) is 4.01. The summed E-state index contributed by atoms with van der Waals surface area (Å²) in [5.41, 5.74) is 1.55. The molecule has 1 atom stereocenters. The zero-order chi connectivity index (χ0) is 15.6. The lowest BCUT2D eigenvalue weighted by Crippen LogP contribution is -2.34. The van der Waals surface area contributed by atoms with Gasteiger partial charge < -0.3 is 10.6 Å². The molecular formula is C17H27N3O. The quantitative estimate of drug-likeness (QED) is 0.874. The van der Waals surface area contributed by atoms with Gasteiger partial charge in [-0.05, 0) is 44.7 Å². The van der Waals surface area contributed by atoms with Gasteiger partial charge in [0.25, 0.3) is 5.91 Å². The van der Waals surface area contributed by atoms with Gasteiger partial charge in [0.15, 0.2) is 0 Å². The summed E-state index contributed by atoms with van der Waals surface area (Å²) in [6.45, 7) is 11.2. The second-order valence-corrected chi connectivity index (χ2v) is 7.01. The average Bonchev–Trinajstić information content (AvgIpc) is 3.21. The molecule has 0 aliphatic heterocycles. The highest BCUT2D eigenvalue weighted by Gasteiger charge is 2.29. The Labute approximate surface area is 127 Å². The minimum absolute atomic E-state index is 0.00135. The van der Waals surface area contributed by atoms with E-state index in [0.717, 1.165) is 18.1 Å². The smallest absolute Gasteiger partial charge is 0.251 e. The molecule has 0 saturated heterocycles. The maximum absolute atomic E-state index is 12.5. The van der Waals surface area contributed by atoms with Gasteiger partial charge >= 0.3 is 0 Å². The van der Waals surface area contributed by atoms with Crippen LogP contribution in [0, 0.1) is 5.92 Å². The number of aromatic nitrogens is 1. The molecule has 1 unspecified atom stereocenters. The Morgan fingerprint density at radius 1 is 1.38 bits per heavy atom. The van der Waals surface area contributed by atoms with E-state index in [1.165, 1.54) is 12.8 Å². The Bertz CT molecular complexity index is 515. The van der Waals surface area contributed by atoms with Crippen LogP contribution in [-0.4, -0.2) is 23.5 Å². The van der Waals surface area contributed by atoms with Gasteiger partial charge in [0.1, 0.15) is 5.82 Å². The Balaban J connectivity index is 2.23. The van der Waals surface area contributed by atoms with Crippen LogP contribution in [0.1, 0.15) is 63.5 Å². The number of nitrogens with zero attached hydrogens (tertiary/aromatic N) is 1. The Morgan fingerprint density at radius 3 is 2.57 bits per heavy atom. The van der Waals surface area contributed by atoms with Crippen LogP contribution < -0.4 is 10.6 Å². The van der Waals surface area contributed by atoms with Gasteiger partial charge in [-0.1, -0.05) is 20.8 Å². The molecule has 4 nitrogen and oxygen atoms in total. The van der Waals surface area contributed by atoms with Crippen molar-refractivity contribution in [3.63, 3.8) is 0 Å². The summed E-state index contributed by atoms with van der Waals surface area (Å²) in [4.78, 5) is 17.1. The molecule has 0 bridgehead atoms. The van der Waals surface area contributed by atoms with Gasteiger partial charge in [-0.25, -0.2) is 4.98 Å². The standard InChI is InChI=1S/C17H27N3O/c1-6-18-15-10-13(9-14(20-15)17(3,4)5)16(21)19-11(2)12-7-8-12/h9-12H,6-8H2,1-5H3,(H,18,20)(H,19,21). The van der Waals surface area contributed by atoms with Crippen molar-refractivity contribution < 1.29 is 4.79 Å². The molecule has 1 aromatic rings. The van der Waals surface area contributed by atoms with Crippen LogP contribution in [0.5, 0.6) is 0 Å². The summed E-state index contributed by atoms with van der Waals surface area (Å²) in [5.74, 6) is 1.43. The monoisotopic (exact) mass is 289 g/mol. The number of amides is 1. The number of nitrogens with one attached hydrogen (secondary N) is 2. The largest absolute Gasteiger partial charge is 0.370 e. The third-order valence-corrected chi connectivity index (χ3v) is 3.90. The van der Waals surface area contributed by atoms with E-state index < -0.39 is 0 Å². The normalized spacial score (nSPS) is 16.4. The molecule has 0 aromatic carbocycles. The van der Waals surface area contributed by atoms with Crippen LogP contribution >= 0.6 is 0 Å². The zero-order valence-corrected chi connectivity index (χ0v) is 13.8. The van der Waals surface area contributed by atoms with Crippen molar-refractivity contribution in [3.05, 3.63) is 23.4 Å². The second kappa shape index (κ2) is 6.04. The number of hydrogen-bond donors (Lipinski definition) is 2. The molecule has 21 heavy (non-hydrogen) atoms. The first-order valence-electron chi connectivity index (χ1n) is 7.88. The van der Waals surface area contributed by atoms with E-state index >= 15 is 0 Å². The van der Waals surface area contributed by atoms with E-state index in [9.17, 15) is 4.79 Å². The topological polar surface area (TPSA) is 54.0 Å². The van der Waals surface area contributed by atoms with Gasteiger partial charge in [-0.3, -0.25) is 4.79 Å². The van der Waals surface area contributed by atoms with Crippen LogP contribution in [0.2, 0.25) is 0 Å². The predicted molar refractivity (Wildman–Crippen MR) is 86.8 cm³/mol. The molecule has 1 aromatic heterocycles. The zero-order valence-electron chi connectivity index (χ0n) is 13.8. The van der Waals surface area contributed by atoms with Gasteiger partial charge in [0.2, 0.25) is 0 Å². The minimum Gasteiger partial charge on any atom is -0.370 e. The lowest BCUT2D eigenvalue weighted by atomic mass is 9.90. The van der Waals surface area contributed by atoms with Crippen molar-refractivity contribution in [2.75, 3.05) is 11.9 Å². The van der Waals surface area contributed by atoms with Gasteiger partial charge in [-0.2, -0.15) is 0 Å². The summed E-state index contributed by atoms with van der Waals surface area (Å²) in [5, 5.41) is 6.32. The molecule has 1 saturated carbocycles.